The molecule has 2 heterocycles. The molecule has 3 N–H and O–H groups in total. The van der Waals surface area contributed by atoms with E-state index in [1.165, 1.54) is 0 Å². The Labute approximate surface area is 146 Å². The van der Waals surface area contributed by atoms with Crippen molar-refractivity contribution in [2.45, 2.75) is 26.3 Å². The molecule has 6 nitrogen and oxygen atoms in total. The summed E-state index contributed by atoms with van der Waals surface area (Å²) in [5.74, 6) is 1.20. The number of aryl methyl sites for hydroxylation is 2. The fraction of sp³-hybridized carbons (Fsp3) is 0.412. The third kappa shape index (κ3) is 3.39. The van der Waals surface area contributed by atoms with Gasteiger partial charge in [0.2, 0.25) is 5.95 Å². The quantitative estimate of drug-likeness (QED) is 0.867. The van der Waals surface area contributed by atoms with Crippen molar-refractivity contribution in [3.8, 4) is 5.75 Å². The number of ether oxygens (including phenoxy) is 1. The zero-order valence-corrected chi connectivity index (χ0v) is 14.5. The number of phenols is 1. The van der Waals surface area contributed by atoms with Crippen molar-refractivity contribution in [1.29, 1.82) is 0 Å². The van der Waals surface area contributed by atoms with Crippen molar-refractivity contribution in [2.24, 2.45) is 0 Å². The molecule has 128 valence electrons. The van der Waals surface area contributed by atoms with E-state index in [0.29, 0.717) is 18.2 Å². The average Bonchev–Trinajstić information content (AvgIpc) is 2.75. The molecule has 7 heteroatoms. The lowest BCUT2D eigenvalue weighted by atomic mass is 10.0. The highest BCUT2D eigenvalue weighted by Crippen LogP contribution is 2.36. The number of hydrogen-bond acceptors (Lipinski definition) is 6. The van der Waals surface area contributed by atoms with Gasteiger partial charge >= 0.3 is 0 Å². The molecule has 0 bridgehead atoms. The van der Waals surface area contributed by atoms with Crippen LogP contribution in [0.5, 0.6) is 5.75 Å². The van der Waals surface area contributed by atoms with E-state index >= 15 is 0 Å². The Balaban J connectivity index is 2.06. The Kier molecular flexibility index (Phi) is 4.78. The van der Waals surface area contributed by atoms with Crippen LogP contribution in [0.1, 0.15) is 29.3 Å². The minimum absolute atomic E-state index is 0.153. The van der Waals surface area contributed by atoms with Crippen molar-refractivity contribution in [1.82, 2.24) is 9.97 Å². The minimum Gasteiger partial charge on any atom is -0.508 e. The first-order chi connectivity index (χ1) is 11.5. The van der Waals surface area contributed by atoms with Gasteiger partial charge in [-0.05, 0) is 43.5 Å². The topological polar surface area (TPSA) is 84.5 Å². The van der Waals surface area contributed by atoms with Gasteiger partial charge < -0.3 is 20.5 Å². The Hall–Kier alpha value is -2.05. The second-order valence-electron chi connectivity index (χ2n) is 6.02. The number of nitrogen functional groups attached to an aromatic ring is 1. The lowest BCUT2D eigenvalue weighted by molar-refractivity contribution is 0.134. The number of phenolic OH excluding ortho intramolecular Hbond substituents is 1. The van der Waals surface area contributed by atoms with Gasteiger partial charge in [0.05, 0.1) is 12.6 Å². The van der Waals surface area contributed by atoms with E-state index in [0.717, 1.165) is 35.6 Å². The molecule has 2 aromatic rings. The van der Waals surface area contributed by atoms with E-state index in [2.05, 4.69) is 14.9 Å². The van der Waals surface area contributed by atoms with Crippen LogP contribution < -0.4 is 10.6 Å². The van der Waals surface area contributed by atoms with Crippen LogP contribution in [0.3, 0.4) is 0 Å². The number of nitrogens with two attached hydrogens (primary N) is 1. The van der Waals surface area contributed by atoms with Crippen molar-refractivity contribution < 1.29 is 9.84 Å². The third-order valence-corrected chi connectivity index (χ3v) is 4.49. The summed E-state index contributed by atoms with van der Waals surface area (Å²) in [5, 5.41) is 10.7. The lowest BCUT2D eigenvalue weighted by Crippen LogP contribution is -2.32. The number of hydrogen-bond donors (Lipinski definition) is 2. The first-order valence-corrected chi connectivity index (χ1v) is 8.28. The minimum atomic E-state index is -0.153. The smallest absolute Gasteiger partial charge is 0.222 e. The number of benzene rings is 1. The van der Waals surface area contributed by atoms with Gasteiger partial charge in [-0.2, -0.15) is 4.98 Å². The molecule has 0 amide bonds. The molecule has 24 heavy (non-hydrogen) atoms. The SMILES string of the molecule is Cc1cc(N2CCCOC[C@H]2c2cc(O)c(C)cc2Cl)nc(N)n1. The highest BCUT2D eigenvalue weighted by Gasteiger charge is 2.27. The molecular weight excluding hydrogens is 328 g/mol. The van der Waals surface area contributed by atoms with Crippen LogP contribution in [-0.4, -0.2) is 34.8 Å². The number of nitrogens with zero attached hydrogens (tertiary/aromatic N) is 3. The summed E-state index contributed by atoms with van der Waals surface area (Å²) in [6.07, 6.45) is 0.870. The van der Waals surface area contributed by atoms with E-state index in [1.807, 2.05) is 19.9 Å². The van der Waals surface area contributed by atoms with E-state index in [-0.39, 0.29) is 17.7 Å². The van der Waals surface area contributed by atoms with Gasteiger partial charge in [0, 0.05) is 29.9 Å². The first-order valence-electron chi connectivity index (χ1n) is 7.90. The summed E-state index contributed by atoms with van der Waals surface area (Å²) >= 11 is 6.45. The van der Waals surface area contributed by atoms with Crippen LogP contribution >= 0.6 is 11.6 Å². The van der Waals surface area contributed by atoms with Gasteiger partial charge in [0.25, 0.3) is 0 Å². The van der Waals surface area contributed by atoms with E-state index in [9.17, 15) is 5.11 Å². The second kappa shape index (κ2) is 6.83. The molecule has 1 saturated heterocycles. The van der Waals surface area contributed by atoms with Crippen molar-refractivity contribution >= 4 is 23.4 Å². The standard InChI is InChI=1S/C17H21ClN4O2/c1-10-6-13(18)12(8-15(10)23)14-9-24-5-3-4-22(14)16-7-11(2)20-17(19)21-16/h6-8,14,23H,3-5,9H2,1-2H3,(H2,19,20,21)/t14-/m0/s1. The molecule has 0 saturated carbocycles. The predicted molar refractivity (Wildman–Crippen MR) is 94.6 cm³/mol. The van der Waals surface area contributed by atoms with Crippen LogP contribution in [0.25, 0.3) is 0 Å². The highest BCUT2D eigenvalue weighted by atomic mass is 35.5. The Morgan fingerprint density at radius 2 is 2.08 bits per heavy atom. The highest BCUT2D eigenvalue weighted by molar-refractivity contribution is 6.31. The predicted octanol–water partition coefficient (Wildman–Crippen LogP) is 3.00. The van der Waals surface area contributed by atoms with E-state index in [4.69, 9.17) is 22.1 Å². The molecule has 1 aliphatic rings. The summed E-state index contributed by atoms with van der Waals surface area (Å²) in [6.45, 7) is 5.59. The van der Waals surface area contributed by atoms with Crippen LogP contribution in [-0.2, 0) is 4.74 Å². The summed E-state index contributed by atoms with van der Waals surface area (Å²) in [6, 6.07) is 5.23. The summed E-state index contributed by atoms with van der Waals surface area (Å²) in [4.78, 5) is 10.6. The van der Waals surface area contributed by atoms with Gasteiger partial charge in [0.15, 0.2) is 0 Å². The zero-order chi connectivity index (χ0) is 17.3. The molecular formula is C17H21ClN4O2. The molecule has 1 atom stereocenters. The first kappa shape index (κ1) is 16.8. The van der Waals surface area contributed by atoms with E-state index < -0.39 is 0 Å². The van der Waals surface area contributed by atoms with Crippen molar-refractivity contribution in [2.75, 3.05) is 30.4 Å². The van der Waals surface area contributed by atoms with Gasteiger partial charge in [-0.3, -0.25) is 0 Å². The molecule has 0 spiro atoms. The Morgan fingerprint density at radius 3 is 2.83 bits per heavy atom. The van der Waals surface area contributed by atoms with Gasteiger partial charge in [-0.25, -0.2) is 4.98 Å². The van der Waals surface area contributed by atoms with Crippen LogP contribution in [0.15, 0.2) is 18.2 Å². The fourth-order valence-electron chi connectivity index (χ4n) is 2.96. The number of aromatic hydroxyl groups is 1. The number of anilines is 2. The summed E-state index contributed by atoms with van der Waals surface area (Å²) in [5.41, 5.74) is 8.18. The number of rotatable bonds is 2. The van der Waals surface area contributed by atoms with Gasteiger partial charge in [0.1, 0.15) is 11.6 Å². The maximum Gasteiger partial charge on any atom is 0.222 e. The normalized spacial score (nSPS) is 18.5. The van der Waals surface area contributed by atoms with Crippen LogP contribution in [0.4, 0.5) is 11.8 Å². The van der Waals surface area contributed by atoms with Crippen molar-refractivity contribution in [3.63, 3.8) is 0 Å². The van der Waals surface area contributed by atoms with Crippen molar-refractivity contribution in [3.05, 3.63) is 40.0 Å². The van der Waals surface area contributed by atoms with Gasteiger partial charge in [-0.1, -0.05) is 11.6 Å². The molecule has 1 aromatic heterocycles. The molecule has 0 radical (unpaired) electrons. The maximum absolute atomic E-state index is 10.1. The Bertz CT molecular complexity index is 733. The van der Waals surface area contributed by atoms with E-state index in [1.54, 1.807) is 12.1 Å². The number of halogens is 1. The molecule has 0 aliphatic carbocycles. The maximum atomic E-state index is 10.1. The summed E-state index contributed by atoms with van der Waals surface area (Å²) in [7, 11) is 0. The Morgan fingerprint density at radius 1 is 1.29 bits per heavy atom. The average molecular weight is 349 g/mol. The lowest BCUT2D eigenvalue weighted by Gasteiger charge is -2.31. The molecule has 1 fully saturated rings. The monoisotopic (exact) mass is 348 g/mol. The number of aromatic nitrogens is 2. The fourth-order valence-corrected chi connectivity index (χ4v) is 3.31. The molecule has 1 aliphatic heterocycles. The molecule has 3 rings (SSSR count). The zero-order valence-electron chi connectivity index (χ0n) is 13.8. The molecule has 0 unspecified atom stereocenters. The summed E-state index contributed by atoms with van der Waals surface area (Å²) < 4.78 is 5.74. The van der Waals surface area contributed by atoms with Crippen LogP contribution in [0.2, 0.25) is 5.02 Å². The molecule has 1 aromatic carbocycles. The van der Waals surface area contributed by atoms with Crippen LogP contribution in [0, 0.1) is 13.8 Å². The second-order valence-corrected chi connectivity index (χ2v) is 6.43. The third-order valence-electron chi connectivity index (χ3n) is 4.17. The largest absolute Gasteiger partial charge is 0.508 e. The van der Waals surface area contributed by atoms with Gasteiger partial charge in [-0.15, -0.1) is 0 Å².